The van der Waals surface area contributed by atoms with Gasteiger partial charge < -0.3 is 5.11 Å². The molecule has 0 saturated carbocycles. The molecule has 1 heterocycles. The molecule has 0 fully saturated rings. The van der Waals surface area contributed by atoms with E-state index in [1.807, 2.05) is 12.1 Å². The van der Waals surface area contributed by atoms with E-state index in [4.69, 9.17) is 16.7 Å². The lowest BCUT2D eigenvalue weighted by molar-refractivity contribution is -0.136. The zero-order valence-corrected chi connectivity index (χ0v) is 18.4. The molecule has 1 aromatic carbocycles. The Morgan fingerprint density at radius 2 is 1.82 bits per heavy atom. The number of carboxylic acids is 1. The van der Waals surface area contributed by atoms with Crippen LogP contribution in [0, 0.1) is 5.92 Å². The van der Waals surface area contributed by atoms with E-state index < -0.39 is 16.0 Å². The SMILES string of the molecule is CC(C)CCCC(NS(=O)(=O)c1ccc(Cl)cc1)c1ccc(CCC(=O)O)s1. The highest BCUT2D eigenvalue weighted by Gasteiger charge is 2.23. The molecule has 1 aromatic heterocycles. The Balaban J connectivity index is 2.18. The van der Waals surface area contributed by atoms with Crippen molar-refractivity contribution in [2.75, 3.05) is 0 Å². The minimum Gasteiger partial charge on any atom is -0.481 e. The lowest BCUT2D eigenvalue weighted by atomic mass is 10.0. The van der Waals surface area contributed by atoms with Gasteiger partial charge in [0, 0.05) is 14.8 Å². The molecule has 0 radical (unpaired) electrons. The maximum atomic E-state index is 12.8. The number of sulfonamides is 1. The second-order valence-corrected chi connectivity index (χ2v) is 10.5. The molecule has 0 saturated heterocycles. The van der Waals surface area contributed by atoms with Gasteiger partial charge in [-0.1, -0.05) is 38.3 Å². The van der Waals surface area contributed by atoms with Crippen molar-refractivity contribution in [3.05, 3.63) is 51.2 Å². The summed E-state index contributed by atoms with van der Waals surface area (Å²) in [5.74, 6) is -0.296. The summed E-state index contributed by atoms with van der Waals surface area (Å²) >= 11 is 7.33. The summed E-state index contributed by atoms with van der Waals surface area (Å²) < 4.78 is 28.5. The molecule has 28 heavy (non-hydrogen) atoms. The zero-order chi connectivity index (χ0) is 20.7. The summed E-state index contributed by atoms with van der Waals surface area (Å²) in [5, 5.41) is 9.34. The summed E-state index contributed by atoms with van der Waals surface area (Å²) in [5.41, 5.74) is 0. The van der Waals surface area contributed by atoms with Gasteiger partial charge in [-0.2, -0.15) is 0 Å². The van der Waals surface area contributed by atoms with Crippen molar-refractivity contribution in [2.45, 2.75) is 56.9 Å². The van der Waals surface area contributed by atoms with Gasteiger partial charge in [-0.15, -0.1) is 11.3 Å². The predicted molar refractivity (Wildman–Crippen MR) is 113 cm³/mol. The molecule has 1 atom stereocenters. The third-order valence-electron chi connectivity index (χ3n) is 4.31. The number of aliphatic carboxylic acids is 1. The van der Waals surface area contributed by atoms with E-state index in [9.17, 15) is 13.2 Å². The Morgan fingerprint density at radius 1 is 1.14 bits per heavy atom. The molecule has 2 aromatic rings. The fourth-order valence-corrected chi connectivity index (χ4v) is 5.35. The fraction of sp³-hybridized carbons (Fsp3) is 0.450. The number of nitrogens with one attached hydrogen (secondary N) is 1. The van der Waals surface area contributed by atoms with Crippen LogP contribution >= 0.6 is 22.9 Å². The van der Waals surface area contributed by atoms with Crippen molar-refractivity contribution < 1.29 is 18.3 Å². The molecule has 2 N–H and O–H groups in total. The zero-order valence-electron chi connectivity index (χ0n) is 16.0. The highest BCUT2D eigenvalue weighted by molar-refractivity contribution is 7.89. The molecule has 5 nitrogen and oxygen atoms in total. The van der Waals surface area contributed by atoms with Gasteiger partial charge in [0.15, 0.2) is 0 Å². The van der Waals surface area contributed by atoms with Crippen LogP contribution in [0.3, 0.4) is 0 Å². The van der Waals surface area contributed by atoms with Gasteiger partial charge in [0.05, 0.1) is 17.4 Å². The lowest BCUT2D eigenvalue weighted by Crippen LogP contribution is -2.28. The molecule has 0 aliphatic carbocycles. The van der Waals surface area contributed by atoms with Crippen molar-refractivity contribution in [2.24, 2.45) is 5.92 Å². The molecular weight excluding hydrogens is 418 g/mol. The van der Waals surface area contributed by atoms with Crippen molar-refractivity contribution in [3.8, 4) is 0 Å². The fourth-order valence-electron chi connectivity index (χ4n) is 2.80. The van der Waals surface area contributed by atoms with Crippen LogP contribution in [0.2, 0.25) is 5.02 Å². The minimum atomic E-state index is -3.69. The second kappa shape index (κ2) is 10.4. The Kier molecular flexibility index (Phi) is 8.49. The van der Waals surface area contributed by atoms with Crippen LogP contribution in [0.15, 0.2) is 41.3 Å². The molecule has 0 aliphatic rings. The number of carbonyl (C=O) groups is 1. The largest absolute Gasteiger partial charge is 0.481 e. The lowest BCUT2D eigenvalue weighted by Gasteiger charge is -2.18. The number of hydrogen-bond acceptors (Lipinski definition) is 4. The van der Waals surface area contributed by atoms with Gasteiger partial charge in [-0.05, 0) is 55.2 Å². The topological polar surface area (TPSA) is 83.5 Å². The Labute approximate surface area is 175 Å². The standard InChI is InChI=1S/C20H26ClNO4S2/c1-14(2)4-3-5-18(19-12-8-16(27-19)9-13-20(23)24)22-28(25,26)17-10-6-15(21)7-11-17/h6-8,10-12,14,18,22H,3-5,9,13H2,1-2H3,(H,23,24). The summed E-state index contributed by atoms with van der Waals surface area (Å²) in [6, 6.07) is 9.52. The number of benzene rings is 1. The minimum absolute atomic E-state index is 0.0640. The first kappa shape index (κ1) is 22.9. The van der Waals surface area contributed by atoms with E-state index in [1.54, 1.807) is 12.1 Å². The molecule has 8 heteroatoms. The number of halogens is 1. The smallest absolute Gasteiger partial charge is 0.303 e. The summed E-state index contributed by atoms with van der Waals surface area (Å²) in [6.45, 7) is 4.28. The van der Waals surface area contributed by atoms with Crippen molar-refractivity contribution in [3.63, 3.8) is 0 Å². The van der Waals surface area contributed by atoms with E-state index in [2.05, 4.69) is 18.6 Å². The van der Waals surface area contributed by atoms with Crippen LogP contribution in [0.25, 0.3) is 0 Å². The number of carboxylic acid groups (broad SMARTS) is 1. The first-order chi connectivity index (χ1) is 13.2. The van der Waals surface area contributed by atoms with Gasteiger partial charge in [-0.3, -0.25) is 4.79 Å². The number of aryl methyl sites for hydroxylation is 1. The molecule has 0 spiro atoms. The van der Waals surface area contributed by atoms with Crippen LogP contribution < -0.4 is 4.72 Å². The monoisotopic (exact) mass is 443 g/mol. The first-order valence-electron chi connectivity index (χ1n) is 9.25. The number of thiophene rings is 1. The van der Waals surface area contributed by atoms with Gasteiger partial charge in [0.1, 0.15) is 0 Å². The molecule has 0 aliphatic heterocycles. The summed E-state index contributed by atoms with van der Waals surface area (Å²) in [7, 11) is -3.69. The maximum absolute atomic E-state index is 12.8. The first-order valence-corrected chi connectivity index (χ1v) is 11.9. The summed E-state index contributed by atoms with van der Waals surface area (Å²) in [4.78, 5) is 12.8. The Bertz CT molecular complexity index is 876. The Morgan fingerprint density at radius 3 is 2.43 bits per heavy atom. The van der Waals surface area contributed by atoms with Crippen LogP contribution in [-0.2, 0) is 21.2 Å². The second-order valence-electron chi connectivity index (χ2n) is 7.15. The average molecular weight is 444 g/mol. The highest BCUT2D eigenvalue weighted by atomic mass is 35.5. The molecule has 154 valence electrons. The van der Waals surface area contributed by atoms with E-state index in [0.29, 0.717) is 23.8 Å². The highest BCUT2D eigenvalue weighted by Crippen LogP contribution is 2.30. The van der Waals surface area contributed by atoms with E-state index in [-0.39, 0.29) is 17.4 Å². The molecule has 0 amide bonds. The quantitative estimate of drug-likeness (QED) is 0.495. The van der Waals surface area contributed by atoms with E-state index in [0.717, 1.165) is 22.6 Å². The van der Waals surface area contributed by atoms with E-state index in [1.165, 1.54) is 23.5 Å². The third kappa shape index (κ3) is 7.20. The van der Waals surface area contributed by atoms with Crippen molar-refractivity contribution in [1.29, 1.82) is 0 Å². The molecule has 2 rings (SSSR count). The van der Waals surface area contributed by atoms with Crippen LogP contribution in [-0.4, -0.2) is 19.5 Å². The van der Waals surface area contributed by atoms with Crippen molar-refractivity contribution in [1.82, 2.24) is 4.72 Å². The number of rotatable bonds is 11. The Hall–Kier alpha value is -1.41. The molecule has 1 unspecified atom stereocenters. The van der Waals surface area contributed by atoms with Crippen molar-refractivity contribution >= 4 is 38.9 Å². The average Bonchev–Trinajstić information content (AvgIpc) is 3.08. The summed E-state index contributed by atoms with van der Waals surface area (Å²) in [6.07, 6.45) is 3.10. The third-order valence-corrected chi connectivity index (χ3v) is 7.31. The van der Waals surface area contributed by atoms with Gasteiger partial charge >= 0.3 is 5.97 Å². The van der Waals surface area contributed by atoms with Gasteiger partial charge in [0.25, 0.3) is 0 Å². The van der Waals surface area contributed by atoms with Crippen LogP contribution in [0.1, 0.15) is 55.3 Å². The normalized spacial score (nSPS) is 13.0. The maximum Gasteiger partial charge on any atom is 0.303 e. The molecular formula is C20H26ClNO4S2. The van der Waals surface area contributed by atoms with Gasteiger partial charge in [-0.25, -0.2) is 13.1 Å². The number of hydrogen-bond donors (Lipinski definition) is 2. The van der Waals surface area contributed by atoms with Gasteiger partial charge in [0.2, 0.25) is 10.0 Å². The van der Waals surface area contributed by atoms with E-state index >= 15 is 0 Å². The van der Waals surface area contributed by atoms with Crippen LogP contribution in [0.4, 0.5) is 0 Å². The molecule has 0 bridgehead atoms. The predicted octanol–water partition coefficient (Wildman–Crippen LogP) is 5.26. The van der Waals surface area contributed by atoms with Crippen LogP contribution in [0.5, 0.6) is 0 Å².